The van der Waals surface area contributed by atoms with Crippen molar-refractivity contribution in [1.29, 1.82) is 0 Å². The average molecular weight is 240 g/mol. The predicted molar refractivity (Wildman–Crippen MR) is 68.8 cm³/mol. The van der Waals surface area contributed by atoms with Crippen molar-refractivity contribution in [2.24, 2.45) is 0 Å². The molecule has 16 heavy (non-hydrogen) atoms. The summed E-state index contributed by atoms with van der Waals surface area (Å²) in [5.74, 6) is 1.05. The lowest BCUT2D eigenvalue weighted by molar-refractivity contribution is 0.396. The third-order valence-corrected chi connectivity index (χ3v) is 2.99. The van der Waals surface area contributed by atoms with Crippen molar-refractivity contribution < 1.29 is 0 Å². The highest BCUT2D eigenvalue weighted by Crippen LogP contribution is 2.11. The second-order valence-electron chi connectivity index (χ2n) is 3.80. The molecule has 0 fully saturated rings. The van der Waals surface area contributed by atoms with Gasteiger partial charge in [-0.25, -0.2) is 9.97 Å². The summed E-state index contributed by atoms with van der Waals surface area (Å²) in [6.07, 6.45) is 4.57. The second-order valence-corrected chi connectivity index (χ2v) is 4.92. The molecule has 0 aliphatic carbocycles. The summed E-state index contributed by atoms with van der Waals surface area (Å²) < 4.78 is 0. The van der Waals surface area contributed by atoms with Crippen LogP contribution in [0.4, 0.5) is 0 Å². The molecule has 0 aliphatic heterocycles. The topological polar surface area (TPSA) is 41.0 Å². The van der Waals surface area contributed by atoms with Crippen molar-refractivity contribution in [3.05, 3.63) is 18.6 Å². The Morgan fingerprint density at radius 2 is 2.25 bits per heavy atom. The zero-order valence-corrected chi connectivity index (χ0v) is 10.8. The van der Waals surface area contributed by atoms with Gasteiger partial charge in [0.1, 0.15) is 6.33 Å². The maximum Gasteiger partial charge on any atom is 0.116 e. The smallest absolute Gasteiger partial charge is 0.116 e. The van der Waals surface area contributed by atoms with Gasteiger partial charge < -0.3 is 10.2 Å². The first kappa shape index (κ1) is 13.4. The molecule has 0 amide bonds. The lowest BCUT2D eigenvalue weighted by Crippen LogP contribution is -2.23. The molecule has 0 bridgehead atoms. The standard InChI is InChI=1S/C11H20N4S/c1-15(2)8-3-5-12-7-9-16-11-4-6-13-10-14-11/h4,6,10,12H,3,5,7-9H2,1-2H3. The van der Waals surface area contributed by atoms with Crippen LogP contribution in [0.25, 0.3) is 0 Å². The first-order chi connectivity index (χ1) is 7.79. The molecule has 0 unspecified atom stereocenters. The molecular formula is C11H20N4S. The fraction of sp³-hybridized carbons (Fsp3) is 0.636. The molecule has 0 spiro atoms. The maximum absolute atomic E-state index is 4.15. The van der Waals surface area contributed by atoms with Crippen LogP contribution in [0.3, 0.4) is 0 Å². The van der Waals surface area contributed by atoms with E-state index in [0.29, 0.717) is 0 Å². The zero-order valence-electron chi connectivity index (χ0n) is 10.0. The Balaban J connectivity index is 1.93. The fourth-order valence-corrected chi connectivity index (χ4v) is 1.97. The number of nitrogens with one attached hydrogen (secondary N) is 1. The molecular weight excluding hydrogens is 220 g/mol. The lowest BCUT2D eigenvalue weighted by atomic mass is 10.4. The van der Waals surface area contributed by atoms with Crippen LogP contribution in [0.1, 0.15) is 6.42 Å². The largest absolute Gasteiger partial charge is 0.316 e. The quantitative estimate of drug-likeness (QED) is 0.419. The molecule has 5 heteroatoms. The molecule has 0 saturated heterocycles. The number of aromatic nitrogens is 2. The van der Waals surface area contributed by atoms with Crippen LogP contribution in [0, 0.1) is 0 Å². The SMILES string of the molecule is CN(C)CCCNCCSc1ccncn1. The molecule has 1 N–H and O–H groups in total. The minimum atomic E-state index is 1.03. The molecule has 1 aromatic rings. The van der Waals surface area contributed by atoms with Crippen LogP contribution in [-0.2, 0) is 0 Å². The number of nitrogens with zero attached hydrogens (tertiary/aromatic N) is 3. The van der Waals surface area contributed by atoms with E-state index in [9.17, 15) is 0 Å². The molecule has 0 radical (unpaired) electrons. The highest BCUT2D eigenvalue weighted by molar-refractivity contribution is 7.99. The van der Waals surface area contributed by atoms with E-state index in [1.807, 2.05) is 6.07 Å². The number of rotatable bonds is 8. The predicted octanol–water partition coefficient (Wildman–Crippen LogP) is 1.11. The number of hydrogen-bond acceptors (Lipinski definition) is 5. The minimum Gasteiger partial charge on any atom is -0.316 e. The molecule has 1 aromatic heterocycles. The van der Waals surface area contributed by atoms with Gasteiger partial charge in [0, 0.05) is 18.5 Å². The molecule has 90 valence electrons. The summed E-state index contributed by atoms with van der Waals surface area (Å²) >= 11 is 1.76. The van der Waals surface area contributed by atoms with Crippen LogP contribution in [0.2, 0.25) is 0 Å². The van der Waals surface area contributed by atoms with Crippen molar-refractivity contribution >= 4 is 11.8 Å². The van der Waals surface area contributed by atoms with E-state index >= 15 is 0 Å². The van der Waals surface area contributed by atoms with Gasteiger partial charge >= 0.3 is 0 Å². The Morgan fingerprint density at radius 3 is 2.94 bits per heavy atom. The van der Waals surface area contributed by atoms with Gasteiger partial charge in [0.25, 0.3) is 0 Å². The van der Waals surface area contributed by atoms with Crippen molar-refractivity contribution in [2.45, 2.75) is 11.4 Å². The van der Waals surface area contributed by atoms with Gasteiger partial charge in [-0.2, -0.15) is 0 Å². The van der Waals surface area contributed by atoms with Gasteiger partial charge in [-0.3, -0.25) is 0 Å². The first-order valence-corrected chi connectivity index (χ1v) is 6.52. The minimum absolute atomic E-state index is 1.03. The average Bonchev–Trinajstić information content (AvgIpc) is 2.29. The van der Waals surface area contributed by atoms with E-state index in [0.717, 1.165) is 30.4 Å². The van der Waals surface area contributed by atoms with Crippen LogP contribution >= 0.6 is 11.8 Å². The molecule has 0 saturated carbocycles. The molecule has 0 aromatic carbocycles. The maximum atomic E-state index is 4.15. The van der Waals surface area contributed by atoms with Gasteiger partial charge in [0.2, 0.25) is 0 Å². The molecule has 4 nitrogen and oxygen atoms in total. The van der Waals surface area contributed by atoms with Gasteiger partial charge in [-0.05, 0) is 39.7 Å². The molecule has 0 atom stereocenters. The van der Waals surface area contributed by atoms with E-state index in [1.54, 1.807) is 24.3 Å². The van der Waals surface area contributed by atoms with Gasteiger partial charge in [0.05, 0.1) is 5.03 Å². The summed E-state index contributed by atoms with van der Waals surface area (Å²) in [6, 6.07) is 1.94. The Bertz CT molecular complexity index is 266. The molecule has 1 heterocycles. The summed E-state index contributed by atoms with van der Waals surface area (Å²) in [5.41, 5.74) is 0. The van der Waals surface area contributed by atoms with Crippen LogP contribution in [-0.4, -0.2) is 54.4 Å². The Labute approximate surface area is 102 Å². The van der Waals surface area contributed by atoms with Gasteiger partial charge in [-0.1, -0.05) is 0 Å². The van der Waals surface area contributed by atoms with Crippen LogP contribution in [0.5, 0.6) is 0 Å². The highest BCUT2D eigenvalue weighted by atomic mass is 32.2. The van der Waals surface area contributed by atoms with E-state index in [4.69, 9.17) is 0 Å². The molecule has 1 rings (SSSR count). The van der Waals surface area contributed by atoms with Crippen molar-refractivity contribution in [3.8, 4) is 0 Å². The van der Waals surface area contributed by atoms with Gasteiger partial charge in [-0.15, -0.1) is 11.8 Å². The van der Waals surface area contributed by atoms with Crippen molar-refractivity contribution in [3.63, 3.8) is 0 Å². The van der Waals surface area contributed by atoms with Crippen molar-refractivity contribution in [2.75, 3.05) is 39.5 Å². The summed E-state index contributed by atoms with van der Waals surface area (Å²) in [4.78, 5) is 10.2. The summed E-state index contributed by atoms with van der Waals surface area (Å²) in [5, 5.41) is 4.47. The number of thioether (sulfide) groups is 1. The van der Waals surface area contributed by atoms with E-state index in [1.165, 1.54) is 6.42 Å². The van der Waals surface area contributed by atoms with E-state index in [2.05, 4.69) is 34.3 Å². The molecule has 0 aliphatic rings. The second kappa shape index (κ2) is 8.50. The Morgan fingerprint density at radius 1 is 1.38 bits per heavy atom. The normalized spacial score (nSPS) is 10.9. The fourth-order valence-electron chi connectivity index (χ4n) is 1.24. The highest BCUT2D eigenvalue weighted by Gasteiger charge is 1.94. The Kier molecular flexibility index (Phi) is 7.12. The van der Waals surface area contributed by atoms with Crippen LogP contribution < -0.4 is 5.32 Å². The van der Waals surface area contributed by atoms with E-state index < -0.39 is 0 Å². The summed E-state index contributed by atoms with van der Waals surface area (Å²) in [7, 11) is 4.20. The first-order valence-electron chi connectivity index (χ1n) is 5.53. The summed E-state index contributed by atoms with van der Waals surface area (Å²) in [6.45, 7) is 3.26. The lowest BCUT2D eigenvalue weighted by Gasteiger charge is -2.09. The third-order valence-electron chi connectivity index (χ3n) is 2.04. The zero-order chi connectivity index (χ0) is 11.6. The number of hydrogen-bond donors (Lipinski definition) is 1. The van der Waals surface area contributed by atoms with Gasteiger partial charge in [0.15, 0.2) is 0 Å². The monoisotopic (exact) mass is 240 g/mol. The Hall–Kier alpha value is -0.650. The van der Waals surface area contributed by atoms with Crippen molar-refractivity contribution in [1.82, 2.24) is 20.2 Å². The van der Waals surface area contributed by atoms with E-state index in [-0.39, 0.29) is 0 Å². The third kappa shape index (κ3) is 6.76. The van der Waals surface area contributed by atoms with Crippen LogP contribution in [0.15, 0.2) is 23.6 Å².